The molecule has 0 unspecified atom stereocenters. The zero-order valence-corrected chi connectivity index (χ0v) is 10.0. The summed E-state index contributed by atoms with van der Waals surface area (Å²) in [7, 11) is 0. The summed E-state index contributed by atoms with van der Waals surface area (Å²) in [6.45, 7) is 1.96. The Kier molecular flexibility index (Phi) is 2.49. The number of hydrogen-bond donors (Lipinski definition) is 0. The van der Waals surface area contributed by atoms with E-state index in [1.54, 1.807) is 0 Å². The summed E-state index contributed by atoms with van der Waals surface area (Å²) in [5, 5.41) is 18.4. The SMILES string of the molecule is Cc1cccc(-c2cc([N+](=O)[O-])cc3nonc23)c1. The number of rotatable bonds is 2. The summed E-state index contributed by atoms with van der Waals surface area (Å²) in [4.78, 5) is 10.5. The van der Waals surface area contributed by atoms with Crippen LogP contribution in [-0.2, 0) is 0 Å². The largest absolute Gasteiger partial charge is 0.272 e. The summed E-state index contributed by atoms with van der Waals surface area (Å²) in [5.41, 5.74) is 3.44. The number of fused-ring (bicyclic) bond motifs is 1. The molecule has 0 aliphatic heterocycles. The van der Waals surface area contributed by atoms with Crippen LogP contribution in [0, 0.1) is 17.0 Å². The van der Waals surface area contributed by atoms with Crippen LogP contribution in [0.1, 0.15) is 5.56 Å². The van der Waals surface area contributed by atoms with Crippen LogP contribution < -0.4 is 0 Å². The average Bonchev–Trinajstić information content (AvgIpc) is 2.85. The Morgan fingerprint density at radius 3 is 2.79 bits per heavy atom. The van der Waals surface area contributed by atoms with Gasteiger partial charge in [-0.05, 0) is 22.8 Å². The van der Waals surface area contributed by atoms with Crippen molar-refractivity contribution >= 4 is 16.7 Å². The molecule has 6 nitrogen and oxygen atoms in total. The second kappa shape index (κ2) is 4.16. The quantitative estimate of drug-likeness (QED) is 0.519. The highest BCUT2D eigenvalue weighted by Crippen LogP contribution is 2.31. The Balaban J connectivity index is 2.32. The number of aromatic nitrogens is 2. The summed E-state index contributed by atoms with van der Waals surface area (Å²) in [6, 6.07) is 10.5. The van der Waals surface area contributed by atoms with Gasteiger partial charge in [0.15, 0.2) is 0 Å². The van der Waals surface area contributed by atoms with Gasteiger partial charge in [-0.2, -0.15) is 0 Å². The van der Waals surface area contributed by atoms with E-state index in [2.05, 4.69) is 14.9 Å². The van der Waals surface area contributed by atoms with Gasteiger partial charge in [-0.25, -0.2) is 4.63 Å². The van der Waals surface area contributed by atoms with Crippen molar-refractivity contribution in [2.45, 2.75) is 6.92 Å². The van der Waals surface area contributed by atoms with E-state index in [4.69, 9.17) is 0 Å². The number of benzene rings is 2. The molecule has 0 aliphatic rings. The molecule has 0 bridgehead atoms. The summed E-state index contributed by atoms with van der Waals surface area (Å²) in [5.74, 6) is 0. The first-order valence-corrected chi connectivity index (χ1v) is 5.63. The van der Waals surface area contributed by atoms with Crippen molar-refractivity contribution in [3.05, 3.63) is 52.1 Å². The van der Waals surface area contributed by atoms with E-state index in [0.29, 0.717) is 16.6 Å². The van der Waals surface area contributed by atoms with Gasteiger partial charge in [-0.3, -0.25) is 10.1 Å². The van der Waals surface area contributed by atoms with Crippen LogP contribution in [0.25, 0.3) is 22.2 Å². The molecule has 94 valence electrons. The van der Waals surface area contributed by atoms with Crippen LogP contribution in [0.3, 0.4) is 0 Å². The lowest BCUT2D eigenvalue weighted by molar-refractivity contribution is -0.384. The first-order valence-electron chi connectivity index (χ1n) is 5.63. The molecule has 0 aliphatic carbocycles. The van der Waals surface area contributed by atoms with Crippen molar-refractivity contribution in [3.8, 4) is 11.1 Å². The first kappa shape index (κ1) is 11.3. The topological polar surface area (TPSA) is 82.1 Å². The van der Waals surface area contributed by atoms with Crippen molar-refractivity contribution in [1.82, 2.24) is 10.3 Å². The molecule has 0 radical (unpaired) electrons. The van der Waals surface area contributed by atoms with Crippen LogP contribution in [0.2, 0.25) is 0 Å². The third-order valence-corrected chi connectivity index (χ3v) is 2.89. The third kappa shape index (κ3) is 1.93. The maximum atomic E-state index is 10.9. The average molecular weight is 255 g/mol. The van der Waals surface area contributed by atoms with Crippen LogP contribution >= 0.6 is 0 Å². The lowest BCUT2D eigenvalue weighted by Crippen LogP contribution is -1.90. The van der Waals surface area contributed by atoms with Gasteiger partial charge in [0, 0.05) is 17.7 Å². The predicted molar refractivity (Wildman–Crippen MR) is 68.6 cm³/mol. The van der Waals surface area contributed by atoms with E-state index in [-0.39, 0.29) is 5.69 Å². The molecule has 3 rings (SSSR count). The van der Waals surface area contributed by atoms with Crippen molar-refractivity contribution in [2.24, 2.45) is 0 Å². The highest BCUT2D eigenvalue weighted by molar-refractivity contribution is 5.93. The van der Waals surface area contributed by atoms with Gasteiger partial charge in [-0.15, -0.1) is 0 Å². The van der Waals surface area contributed by atoms with Gasteiger partial charge in [0.25, 0.3) is 5.69 Å². The van der Waals surface area contributed by atoms with Crippen LogP contribution in [0.15, 0.2) is 41.0 Å². The maximum Gasteiger partial charge on any atom is 0.272 e. The fraction of sp³-hybridized carbons (Fsp3) is 0.0769. The number of non-ortho nitro benzene ring substituents is 1. The molecule has 0 atom stereocenters. The number of nitro benzene ring substituents is 1. The van der Waals surface area contributed by atoms with E-state index in [9.17, 15) is 10.1 Å². The summed E-state index contributed by atoms with van der Waals surface area (Å²) >= 11 is 0. The van der Waals surface area contributed by atoms with E-state index < -0.39 is 4.92 Å². The molecule has 0 saturated carbocycles. The minimum atomic E-state index is -0.451. The van der Waals surface area contributed by atoms with Gasteiger partial charge in [0.2, 0.25) is 0 Å². The molecule has 0 fully saturated rings. The molecule has 0 spiro atoms. The van der Waals surface area contributed by atoms with Crippen molar-refractivity contribution in [2.75, 3.05) is 0 Å². The highest BCUT2D eigenvalue weighted by Gasteiger charge is 2.16. The van der Waals surface area contributed by atoms with E-state index in [1.165, 1.54) is 12.1 Å². The number of hydrogen-bond acceptors (Lipinski definition) is 5. The molecule has 2 aromatic carbocycles. The van der Waals surface area contributed by atoms with Gasteiger partial charge in [0.1, 0.15) is 11.0 Å². The van der Waals surface area contributed by atoms with Crippen molar-refractivity contribution in [1.29, 1.82) is 0 Å². The monoisotopic (exact) mass is 255 g/mol. The molecule has 1 heterocycles. The number of nitro groups is 1. The third-order valence-electron chi connectivity index (χ3n) is 2.89. The molecular formula is C13H9N3O3. The molecule has 6 heteroatoms. The maximum absolute atomic E-state index is 10.9. The summed E-state index contributed by atoms with van der Waals surface area (Å²) in [6.07, 6.45) is 0. The normalized spacial score (nSPS) is 10.8. The summed E-state index contributed by atoms with van der Waals surface area (Å²) < 4.78 is 4.67. The van der Waals surface area contributed by atoms with E-state index >= 15 is 0 Å². The Hall–Kier alpha value is -2.76. The smallest absolute Gasteiger partial charge is 0.258 e. The minimum absolute atomic E-state index is 0.0280. The second-order valence-electron chi connectivity index (χ2n) is 4.25. The lowest BCUT2D eigenvalue weighted by Gasteiger charge is -2.03. The Morgan fingerprint density at radius 1 is 1.21 bits per heavy atom. The van der Waals surface area contributed by atoms with Crippen LogP contribution in [0.5, 0.6) is 0 Å². The molecule has 19 heavy (non-hydrogen) atoms. The van der Waals surface area contributed by atoms with Crippen LogP contribution in [0.4, 0.5) is 5.69 Å². The van der Waals surface area contributed by atoms with Gasteiger partial charge in [-0.1, -0.05) is 29.8 Å². The molecule has 0 saturated heterocycles. The standard InChI is InChI=1S/C13H9N3O3/c1-8-3-2-4-9(5-8)11-6-10(16(17)18)7-12-13(11)15-19-14-12/h2-7H,1H3. The molecule has 1 aromatic heterocycles. The Labute approximate surface area is 107 Å². The minimum Gasteiger partial charge on any atom is -0.258 e. The lowest BCUT2D eigenvalue weighted by atomic mass is 10.0. The zero-order valence-electron chi connectivity index (χ0n) is 10.0. The van der Waals surface area contributed by atoms with Crippen molar-refractivity contribution < 1.29 is 9.55 Å². The fourth-order valence-electron chi connectivity index (χ4n) is 2.01. The molecular weight excluding hydrogens is 246 g/mol. The number of nitrogens with zero attached hydrogens (tertiary/aromatic N) is 3. The fourth-order valence-corrected chi connectivity index (χ4v) is 2.01. The Bertz CT molecular complexity index is 780. The highest BCUT2D eigenvalue weighted by atomic mass is 16.6. The molecule has 3 aromatic rings. The Morgan fingerprint density at radius 2 is 2.05 bits per heavy atom. The second-order valence-corrected chi connectivity index (χ2v) is 4.25. The zero-order chi connectivity index (χ0) is 13.4. The van der Waals surface area contributed by atoms with Gasteiger partial charge in [0.05, 0.1) is 4.92 Å². The van der Waals surface area contributed by atoms with E-state index in [0.717, 1.165) is 11.1 Å². The van der Waals surface area contributed by atoms with E-state index in [1.807, 2.05) is 31.2 Å². The van der Waals surface area contributed by atoms with Gasteiger partial charge < -0.3 is 0 Å². The molecule has 0 N–H and O–H groups in total. The van der Waals surface area contributed by atoms with Crippen molar-refractivity contribution in [3.63, 3.8) is 0 Å². The first-order chi connectivity index (χ1) is 9.15. The van der Waals surface area contributed by atoms with Gasteiger partial charge >= 0.3 is 0 Å². The number of aryl methyl sites for hydroxylation is 1. The van der Waals surface area contributed by atoms with Crippen LogP contribution in [-0.4, -0.2) is 15.2 Å². The molecule has 0 amide bonds. The predicted octanol–water partition coefficient (Wildman–Crippen LogP) is 3.11.